The van der Waals surface area contributed by atoms with Crippen LogP contribution in [0.15, 0.2) is 36.4 Å². The van der Waals surface area contributed by atoms with E-state index in [1.165, 1.54) is 0 Å². The van der Waals surface area contributed by atoms with Crippen molar-refractivity contribution in [3.63, 3.8) is 0 Å². The Labute approximate surface area is 180 Å². The summed E-state index contributed by atoms with van der Waals surface area (Å²) in [7, 11) is 0. The molecule has 168 valence electrons. The fourth-order valence-electron chi connectivity index (χ4n) is 2.76. The molecule has 6 nitrogen and oxygen atoms in total. The predicted octanol–water partition coefficient (Wildman–Crippen LogP) is 3.10. The first kappa shape index (κ1) is 24.4. The van der Waals surface area contributed by atoms with Crippen LogP contribution in [0.5, 0.6) is 11.5 Å². The molecule has 6 heteroatoms. The highest BCUT2D eigenvalue weighted by Gasteiger charge is 2.16. The zero-order valence-corrected chi connectivity index (χ0v) is 19.2. The lowest BCUT2D eigenvalue weighted by molar-refractivity contribution is 0.0873. The van der Waals surface area contributed by atoms with Crippen molar-refractivity contribution in [2.24, 2.45) is 0 Å². The monoisotopic (exact) mass is 418 g/mol. The largest absolute Gasteiger partial charge is 0.487 e. The molecule has 0 saturated heterocycles. The minimum absolute atomic E-state index is 0.0740. The van der Waals surface area contributed by atoms with Crippen molar-refractivity contribution in [3.05, 3.63) is 36.4 Å². The lowest BCUT2D eigenvalue weighted by Crippen LogP contribution is -2.42. The summed E-state index contributed by atoms with van der Waals surface area (Å²) in [5.41, 5.74) is -0.148. The van der Waals surface area contributed by atoms with E-state index in [9.17, 15) is 10.2 Å². The summed E-state index contributed by atoms with van der Waals surface area (Å²) >= 11 is 0. The van der Waals surface area contributed by atoms with E-state index >= 15 is 0 Å². The first-order valence-electron chi connectivity index (χ1n) is 10.6. The lowest BCUT2D eigenvalue weighted by Gasteiger charge is -2.24. The summed E-state index contributed by atoms with van der Waals surface area (Å²) in [6.45, 7) is 13.5. The van der Waals surface area contributed by atoms with Crippen molar-refractivity contribution >= 4 is 10.8 Å². The molecule has 0 fully saturated rings. The molecule has 0 radical (unpaired) electrons. The summed E-state index contributed by atoms with van der Waals surface area (Å²) in [6.07, 6.45) is -1.30. The van der Waals surface area contributed by atoms with Crippen molar-refractivity contribution in [1.29, 1.82) is 0 Å². The molecule has 2 aromatic carbocycles. The van der Waals surface area contributed by atoms with Crippen LogP contribution in [0.4, 0.5) is 0 Å². The number of β-amino-alcohol motifs (C(OH)–C–C–N with tert-alkyl or cyclic N) is 2. The van der Waals surface area contributed by atoms with Gasteiger partial charge in [0.05, 0.1) is 0 Å². The van der Waals surface area contributed by atoms with Gasteiger partial charge in [-0.1, -0.05) is 24.3 Å². The van der Waals surface area contributed by atoms with Crippen LogP contribution in [0.3, 0.4) is 0 Å². The molecule has 30 heavy (non-hydrogen) atoms. The Balaban J connectivity index is 2.05. The maximum absolute atomic E-state index is 10.3. The second-order valence-corrected chi connectivity index (χ2v) is 9.84. The third-order valence-corrected chi connectivity index (χ3v) is 4.41. The van der Waals surface area contributed by atoms with Crippen LogP contribution >= 0.6 is 0 Å². The van der Waals surface area contributed by atoms with E-state index in [-0.39, 0.29) is 24.3 Å². The summed E-state index contributed by atoms with van der Waals surface area (Å²) in [6, 6.07) is 11.8. The number of aliphatic hydroxyl groups excluding tert-OH is 2. The molecule has 2 aromatic rings. The van der Waals surface area contributed by atoms with Crippen LogP contribution in [0, 0.1) is 0 Å². The molecule has 0 spiro atoms. The van der Waals surface area contributed by atoms with E-state index < -0.39 is 12.2 Å². The SMILES string of the molecule is CC(C)(C)NC[C@@H](O)COc1cc2ccccc2cc1OC[C@@H](O)CNC(C)(C)C. The van der Waals surface area contributed by atoms with Crippen LogP contribution in [0.2, 0.25) is 0 Å². The summed E-state index contributed by atoms with van der Waals surface area (Å²) < 4.78 is 11.8. The highest BCUT2D eigenvalue weighted by Crippen LogP contribution is 2.33. The number of benzene rings is 2. The molecular formula is C24H38N2O4. The molecule has 0 amide bonds. The molecule has 0 unspecified atom stereocenters. The fraction of sp³-hybridized carbons (Fsp3) is 0.583. The van der Waals surface area contributed by atoms with Crippen LogP contribution in [-0.2, 0) is 0 Å². The van der Waals surface area contributed by atoms with Crippen molar-refractivity contribution in [2.75, 3.05) is 26.3 Å². The number of hydrogen-bond donors (Lipinski definition) is 4. The molecule has 0 aliphatic carbocycles. The quantitative estimate of drug-likeness (QED) is 0.475. The van der Waals surface area contributed by atoms with Gasteiger partial charge in [-0.15, -0.1) is 0 Å². The van der Waals surface area contributed by atoms with Gasteiger partial charge in [-0.2, -0.15) is 0 Å². The van der Waals surface area contributed by atoms with Gasteiger partial charge in [0.25, 0.3) is 0 Å². The number of hydrogen-bond acceptors (Lipinski definition) is 6. The number of nitrogens with one attached hydrogen (secondary N) is 2. The molecular weight excluding hydrogens is 380 g/mol. The van der Waals surface area contributed by atoms with Gasteiger partial charge in [0.2, 0.25) is 0 Å². The molecule has 0 aromatic heterocycles. The Morgan fingerprint density at radius 1 is 0.733 bits per heavy atom. The summed E-state index contributed by atoms with van der Waals surface area (Å²) in [5.74, 6) is 1.11. The molecule has 2 rings (SSSR count). The normalized spacial score (nSPS) is 14.5. The first-order chi connectivity index (χ1) is 13.9. The molecule has 2 atom stereocenters. The fourth-order valence-corrected chi connectivity index (χ4v) is 2.76. The van der Waals surface area contributed by atoms with Crippen LogP contribution in [0.1, 0.15) is 41.5 Å². The second-order valence-electron chi connectivity index (χ2n) is 9.84. The van der Waals surface area contributed by atoms with E-state index in [0.717, 1.165) is 10.8 Å². The minimum atomic E-state index is -0.648. The highest BCUT2D eigenvalue weighted by atomic mass is 16.5. The van der Waals surface area contributed by atoms with E-state index in [1.54, 1.807) is 0 Å². The van der Waals surface area contributed by atoms with Gasteiger partial charge in [-0.3, -0.25) is 0 Å². The Kier molecular flexibility index (Phi) is 8.50. The summed E-state index contributed by atoms with van der Waals surface area (Å²) in [5, 5.41) is 29.1. The number of fused-ring (bicyclic) bond motifs is 1. The zero-order chi connectivity index (χ0) is 22.4. The highest BCUT2D eigenvalue weighted by molar-refractivity contribution is 5.86. The molecule has 4 N–H and O–H groups in total. The van der Waals surface area contributed by atoms with Gasteiger partial charge in [0.1, 0.15) is 25.4 Å². The van der Waals surface area contributed by atoms with Gasteiger partial charge in [-0.05, 0) is 64.4 Å². The van der Waals surface area contributed by atoms with Crippen molar-refractivity contribution in [3.8, 4) is 11.5 Å². The number of rotatable bonds is 10. The third kappa shape index (κ3) is 8.88. The molecule has 0 saturated carbocycles. The standard InChI is InChI=1S/C24H38N2O4/c1-23(2,3)25-13-19(27)15-29-21-11-17-9-7-8-10-18(17)12-22(21)30-16-20(28)14-26-24(4,5)6/h7-12,19-20,25-28H,13-16H2,1-6H3/t19-,20+. The Morgan fingerprint density at radius 3 is 1.43 bits per heavy atom. The third-order valence-electron chi connectivity index (χ3n) is 4.41. The predicted molar refractivity (Wildman–Crippen MR) is 122 cm³/mol. The van der Waals surface area contributed by atoms with Gasteiger partial charge < -0.3 is 30.3 Å². The second kappa shape index (κ2) is 10.4. The van der Waals surface area contributed by atoms with Crippen LogP contribution < -0.4 is 20.1 Å². The zero-order valence-electron chi connectivity index (χ0n) is 19.2. The smallest absolute Gasteiger partial charge is 0.161 e. The van der Waals surface area contributed by atoms with E-state index in [4.69, 9.17) is 9.47 Å². The Morgan fingerprint density at radius 2 is 1.10 bits per heavy atom. The van der Waals surface area contributed by atoms with Crippen molar-refractivity contribution < 1.29 is 19.7 Å². The van der Waals surface area contributed by atoms with Crippen molar-refractivity contribution in [2.45, 2.75) is 64.8 Å². The Bertz CT molecular complexity index is 729. The summed E-state index contributed by atoms with van der Waals surface area (Å²) in [4.78, 5) is 0. The van der Waals surface area contributed by atoms with Gasteiger partial charge in [0.15, 0.2) is 11.5 Å². The minimum Gasteiger partial charge on any atom is -0.487 e. The first-order valence-corrected chi connectivity index (χ1v) is 10.6. The maximum atomic E-state index is 10.3. The van der Waals surface area contributed by atoms with Crippen LogP contribution in [0.25, 0.3) is 10.8 Å². The number of aliphatic hydroxyl groups is 2. The van der Waals surface area contributed by atoms with Crippen LogP contribution in [-0.4, -0.2) is 59.8 Å². The lowest BCUT2D eigenvalue weighted by atomic mass is 10.1. The molecule has 0 aliphatic heterocycles. The van der Waals surface area contributed by atoms with E-state index in [1.807, 2.05) is 36.4 Å². The van der Waals surface area contributed by atoms with E-state index in [0.29, 0.717) is 24.6 Å². The average Bonchev–Trinajstić information content (AvgIpc) is 2.66. The van der Waals surface area contributed by atoms with Gasteiger partial charge in [0, 0.05) is 24.2 Å². The molecule has 0 heterocycles. The van der Waals surface area contributed by atoms with Crippen molar-refractivity contribution in [1.82, 2.24) is 10.6 Å². The van der Waals surface area contributed by atoms with Gasteiger partial charge in [-0.25, -0.2) is 0 Å². The molecule has 0 aliphatic rings. The van der Waals surface area contributed by atoms with E-state index in [2.05, 4.69) is 52.2 Å². The maximum Gasteiger partial charge on any atom is 0.161 e. The topological polar surface area (TPSA) is 83.0 Å². The molecule has 0 bridgehead atoms. The Hall–Kier alpha value is -1.86. The number of ether oxygens (including phenoxy) is 2. The van der Waals surface area contributed by atoms with Gasteiger partial charge >= 0.3 is 0 Å². The average molecular weight is 419 g/mol.